The van der Waals surface area contributed by atoms with Gasteiger partial charge in [0.2, 0.25) is 0 Å². The molecule has 0 amide bonds. The van der Waals surface area contributed by atoms with Gasteiger partial charge in [-0.1, -0.05) is 6.92 Å². The van der Waals surface area contributed by atoms with Crippen LogP contribution in [0.2, 0.25) is 0 Å². The lowest BCUT2D eigenvalue weighted by atomic mass is 10.2. The van der Waals surface area contributed by atoms with E-state index in [1.165, 1.54) is 0 Å². The van der Waals surface area contributed by atoms with Crippen LogP contribution in [0.25, 0.3) is 0 Å². The fourth-order valence-corrected chi connectivity index (χ4v) is 2.10. The van der Waals surface area contributed by atoms with Crippen molar-refractivity contribution in [3.8, 4) is 11.5 Å². The molecule has 0 aliphatic heterocycles. The number of methoxy groups -OCH3 is 1. The minimum Gasteiger partial charge on any atom is -0.497 e. The lowest BCUT2D eigenvalue weighted by molar-refractivity contribution is 0.190. The maximum absolute atomic E-state index is 10.7. The fraction of sp³-hybridized carbons (Fsp3) is 0.538. The first-order valence-corrected chi connectivity index (χ1v) is 8.94. The standard InChI is InChI=1S/C13H21NO5S2/c1-3-11(10-14-8-9-18-21(15,16)20)19-13-6-4-12(17-2)5-7-13/h4-7,11,14H,3,8-10H2,1-2H3,(H,15,16,20)/t11-/m0/s1. The normalized spacial score (nSPS) is 15.2. The third-order valence-corrected chi connectivity index (χ3v) is 3.45. The molecule has 0 saturated heterocycles. The number of rotatable bonds is 10. The van der Waals surface area contributed by atoms with Gasteiger partial charge in [0.15, 0.2) is 0 Å². The van der Waals surface area contributed by atoms with Crippen molar-refractivity contribution in [3.05, 3.63) is 24.3 Å². The fourth-order valence-electron chi connectivity index (χ4n) is 1.60. The molecular formula is C13H21NO5S2. The number of hydrogen-bond donors (Lipinski definition) is 2. The van der Waals surface area contributed by atoms with Gasteiger partial charge in [-0.25, -0.2) is 0 Å². The molecule has 0 radical (unpaired) electrons. The zero-order valence-electron chi connectivity index (χ0n) is 12.1. The van der Waals surface area contributed by atoms with Crippen LogP contribution >= 0.6 is 0 Å². The highest BCUT2D eigenvalue weighted by Crippen LogP contribution is 2.18. The number of benzene rings is 1. The molecule has 2 atom stereocenters. The van der Waals surface area contributed by atoms with Gasteiger partial charge in [-0.15, -0.1) is 0 Å². The van der Waals surface area contributed by atoms with E-state index < -0.39 is 9.05 Å². The monoisotopic (exact) mass is 335 g/mol. The molecule has 0 aliphatic carbocycles. The molecule has 1 rings (SSSR count). The molecule has 0 aromatic heterocycles. The van der Waals surface area contributed by atoms with Crippen LogP contribution in [0, 0.1) is 0 Å². The van der Waals surface area contributed by atoms with Crippen LogP contribution in [0.4, 0.5) is 0 Å². The second-order valence-electron chi connectivity index (χ2n) is 4.28. The molecule has 0 aliphatic rings. The van der Waals surface area contributed by atoms with Crippen LogP contribution in [0.15, 0.2) is 24.3 Å². The maximum Gasteiger partial charge on any atom is 0.266 e. The predicted molar refractivity (Wildman–Crippen MR) is 84.7 cm³/mol. The van der Waals surface area contributed by atoms with E-state index in [1.807, 2.05) is 31.2 Å². The first-order chi connectivity index (χ1) is 9.94. The van der Waals surface area contributed by atoms with Gasteiger partial charge in [-0.05, 0) is 30.7 Å². The van der Waals surface area contributed by atoms with Gasteiger partial charge >= 0.3 is 0 Å². The van der Waals surface area contributed by atoms with Gasteiger partial charge in [0.25, 0.3) is 9.05 Å². The molecule has 8 heteroatoms. The highest BCUT2D eigenvalue weighted by atomic mass is 32.9. The molecule has 0 fully saturated rings. The molecule has 6 nitrogen and oxygen atoms in total. The van der Waals surface area contributed by atoms with Gasteiger partial charge in [-0.3, -0.25) is 8.74 Å². The van der Waals surface area contributed by atoms with E-state index in [2.05, 4.69) is 20.7 Å². The minimum atomic E-state index is -3.54. The Balaban J connectivity index is 2.30. The topological polar surface area (TPSA) is 77.0 Å². The molecule has 2 N–H and O–H groups in total. The number of ether oxygens (including phenoxy) is 2. The Morgan fingerprint density at radius 1 is 1.33 bits per heavy atom. The zero-order chi connectivity index (χ0) is 15.7. The van der Waals surface area contributed by atoms with Crippen LogP contribution in [0.5, 0.6) is 11.5 Å². The quantitative estimate of drug-likeness (QED) is 0.629. The summed E-state index contributed by atoms with van der Waals surface area (Å²) in [5.41, 5.74) is 0. The first kappa shape index (κ1) is 18.1. The molecule has 0 heterocycles. The molecule has 0 bridgehead atoms. The van der Waals surface area contributed by atoms with E-state index in [0.29, 0.717) is 13.1 Å². The van der Waals surface area contributed by atoms with E-state index in [0.717, 1.165) is 17.9 Å². The summed E-state index contributed by atoms with van der Waals surface area (Å²) in [6.45, 7) is 3.14. The maximum atomic E-state index is 10.7. The Labute approximate surface area is 130 Å². The Kier molecular flexibility index (Phi) is 7.91. The van der Waals surface area contributed by atoms with Crippen molar-refractivity contribution >= 4 is 20.2 Å². The van der Waals surface area contributed by atoms with Gasteiger partial charge in [-0.2, -0.15) is 4.21 Å². The lowest BCUT2D eigenvalue weighted by Crippen LogP contribution is -2.33. The summed E-state index contributed by atoms with van der Waals surface area (Å²) in [6.07, 6.45) is 0.831. The second-order valence-corrected chi connectivity index (χ2v) is 6.63. The molecular weight excluding hydrogens is 314 g/mol. The molecule has 120 valence electrons. The highest BCUT2D eigenvalue weighted by molar-refractivity contribution is 8.27. The molecule has 1 unspecified atom stereocenters. The summed E-state index contributed by atoms with van der Waals surface area (Å²) < 4.78 is 35.0. The molecule has 21 heavy (non-hydrogen) atoms. The predicted octanol–water partition coefficient (Wildman–Crippen LogP) is 1.59. The largest absolute Gasteiger partial charge is 0.497 e. The summed E-state index contributed by atoms with van der Waals surface area (Å²) >= 11 is 4.21. The van der Waals surface area contributed by atoms with E-state index in [9.17, 15) is 4.21 Å². The van der Waals surface area contributed by atoms with Crippen molar-refractivity contribution < 1.29 is 22.4 Å². The van der Waals surface area contributed by atoms with Gasteiger partial charge in [0.05, 0.1) is 13.7 Å². The summed E-state index contributed by atoms with van der Waals surface area (Å²) in [5, 5.41) is 3.09. The molecule has 1 aromatic rings. The Bertz CT molecular complexity index is 504. The van der Waals surface area contributed by atoms with Crippen molar-refractivity contribution in [2.24, 2.45) is 0 Å². The van der Waals surface area contributed by atoms with Crippen LogP contribution in [0.1, 0.15) is 13.3 Å². The molecule has 1 aromatic carbocycles. The molecule has 0 spiro atoms. The minimum absolute atomic E-state index is 0.000351. The van der Waals surface area contributed by atoms with Crippen molar-refractivity contribution in [2.45, 2.75) is 19.4 Å². The van der Waals surface area contributed by atoms with Crippen molar-refractivity contribution in [3.63, 3.8) is 0 Å². The third kappa shape index (κ3) is 8.18. The van der Waals surface area contributed by atoms with Gasteiger partial charge < -0.3 is 14.8 Å². The summed E-state index contributed by atoms with van der Waals surface area (Å²) in [5.74, 6) is 1.55. The van der Waals surface area contributed by atoms with E-state index in [-0.39, 0.29) is 12.7 Å². The van der Waals surface area contributed by atoms with Crippen LogP contribution in [-0.4, -0.2) is 41.7 Å². The van der Waals surface area contributed by atoms with Gasteiger partial charge in [0, 0.05) is 24.3 Å². The van der Waals surface area contributed by atoms with E-state index in [4.69, 9.17) is 14.0 Å². The molecule has 0 saturated carbocycles. The van der Waals surface area contributed by atoms with Crippen LogP contribution in [0.3, 0.4) is 0 Å². The summed E-state index contributed by atoms with van der Waals surface area (Å²) in [4.78, 5) is 0. The highest BCUT2D eigenvalue weighted by Gasteiger charge is 2.08. The first-order valence-electron chi connectivity index (χ1n) is 6.58. The second kappa shape index (κ2) is 9.16. The summed E-state index contributed by atoms with van der Waals surface area (Å²) in [6, 6.07) is 7.38. The number of hydrogen-bond acceptors (Lipinski definition) is 6. The van der Waals surface area contributed by atoms with Crippen molar-refractivity contribution in [1.29, 1.82) is 0 Å². The Morgan fingerprint density at radius 2 is 1.95 bits per heavy atom. The number of nitrogens with one attached hydrogen (secondary N) is 1. The van der Waals surface area contributed by atoms with Crippen molar-refractivity contribution in [1.82, 2.24) is 5.32 Å². The smallest absolute Gasteiger partial charge is 0.266 e. The zero-order valence-corrected chi connectivity index (χ0v) is 13.7. The summed E-state index contributed by atoms with van der Waals surface area (Å²) in [7, 11) is -1.92. The average molecular weight is 335 g/mol. The third-order valence-electron chi connectivity index (χ3n) is 2.70. The average Bonchev–Trinajstić information content (AvgIpc) is 2.45. The van der Waals surface area contributed by atoms with Gasteiger partial charge in [0.1, 0.15) is 17.6 Å². The SMILES string of the molecule is CC[C@@H](CNCCOS(=O)(O)=S)Oc1ccc(OC)cc1. The van der Waals surface area contributed by atoms with E-state index >= 15 is 0 Å². The van der Waals surface area contributed by atoms with E-state index in [1.54, 1.807) is 7.11 Å². The van der Waals surface area contributed by atoms with Crippen molar-refractivity contribution in [2.75, 3.05) is 26.8 Å². The Hall–Kier alpha value is -0.930. The van der Waals surface area contributed by atoms with Crippen LogP contribution in [-0.2, 0) is 24.4 Å². The Morgan fingerprint density at radius 3 is 2.48 bits per heavy atom. The van der Waals surface area contributed by atoms with Crippen LogP contribution < -0.4 is 14.8 Å². The lowest BCUT2D eigenvalue weighted by Gasteiger charge is -2.18.